The second-order valence-corrected chi connectivity index (χ2v) is 6.65. The molecule has 0 radical (unpaired) electrons. The quantitative estimate of drug-likeness (QED) is 0.745. The highest BCUT2D eigenvalue weighted by Crippen LogP contribution is 2.37. The van der Waals surface area contributed by atoms with E-state index >= 15 is 0 Å². The van der Waals surface area contributed by atoms with Gasteiger partial charge in [-0.3, -0.25) is 4.79 Å². The summed E-state index contributed by atoms with van der Waals surface area (Å²) in [7, 11) is 0. The van der Waals surface area contributed by atoms with Crippen LogP contribution in [0.4, 0.5) is 0 Å². The second kappa shape index (κ2) is 7.44. The molecule has 0 spiro atoms. The van der Waals surface area contributed by atoms with E-state index in [1.54, 1.807) is 22.9 Å². The Bertz CT molecular complexity index is 1000. The van der Waals surface area contributed by atoms with Crippen molar-refractivity contribution in [3.8, 4) is 11.5 Å². The first kappa shape index (κ1) is 17.6. The molecule has 0 saturated carbocycles. The van der Waals surface area contributed by atoms with E-state index in [0.29, 0.717) is 47.4 Å². The van der Waals surface area contributed by atoms with Crippen LogP contribution in [0.2, 0.25) is 5.02 Å². The van der Waals surface area contributed by atoms with Crippen LogP contribution < -0.4 is 14.8 Å². The minimum absolute atomic E-state index is 0.189. The van der Waals surface area contributed by atoms with Gasteiger partial charge in [-0.25, -0.2) is 4.68 Å². The van der Waals surface area contributed by atoms with Gasteiger partial charge in [-0.05, 0) is 42.8 Å². The molecule has 2 heterocycles. The molecule has 0 fully saturated rings. The smallest absolute Gasteiger partial charge is 0.251 e. The van der Waals surface area contributed by atoms with Crippen LogP contribution in [0.25, 0.3) is 11.0 Å². The van der Waals surface area contributed by atoms with Crippen LogP contribution in [0.1, 0.15) is 29.3 Å². The van der Waals surface area contributed by atoms with E-state index < -0.39 is 0 Å². The topological polar surface area (TPSA) is 78.3 Å². The Balaban J connectivity index is 1.49. The number of hydrogen-bond donors (Lipinski definition) is 1. The fourth-order valence-corrected chi connectivity index (χ4v) is 3.31. The monoisotopic (exact) mass is 386 g/mol. The van der Waals surface area contributed by atoms with E-state index in [2.05, 4.69) is 15.6 Å². The standard InChI is InChI=1S/C19H19ClN4O3/c1-2-24-16-5-4-13(10-15(16)22-23-24)19(25)21-11-12-8-14(20)18-17(9-12)26-6-3-7-27-18/h4-5,8-10H,2-3,6-7,11H2,1H3,(H,21,25). The Kier molecular flexibility index (Phi) is 4.85. The van der Waals surface area contributed by atoms with Crippen LogP contribution in [0.3, 0.4) is 0 Å². The van der Waals surface area contributed by atoms with E-state index in [1.807, 2.05) is 19.1 Å². The molecule has 7 nitrogen and oxygen atoms in total. The van der Waals surface area contributed by atoms with Gasteiger partial charge in [-0.1, -0.05) is 16.8 Å². The molecule has 0 bridgehead atoms. The summed E-state index contributed by atoms with van der Waals surface area (Å²) >= 11 is 6.30. The lowest BCUT2D eigenvalue weighted by Gasteiger charge is -2.12. The summed E-state index contributed by atoms with van der Waals surface area (Å²) in [5.41, 5.74) is 2.98. The molecule has 27 heavy (non-hydrogen) atoms. The Labute approximate surface area is 161 Å². The molecule has 2 aromatic carbocycles. The number of rotatable bonds is 4. The Morgan fingerprint density at radius 1 is 1.26 bits per heavy atom. The number of aromatic nitrogens is 3. The van der Waals surface area contributed by atoms with Crippen LogP contribution in [-0.4, -0.2) is 34.1 Å². The molecule has 8 heteroatoms. The van der Waals surface area contributed by atoms with E-state index in [1.165, 1.54) is 0 Å². The molecular weight excluding hydrogens is 368 g/mol. The van der Waals surface area contributed by atoms with Crippen molar-refractivity contribution in [3.63, 3.8) is 0 Å². The maximum absolute atomic E-state index is 12.5. The number of hydrogen-bond acceptors (Lipinski definition) is 5. The summed E-state index contributed by atoms with van der Waals surface area (Å²) < 4.78 is 13.1. The summed E-state index contributed by atoms with van der Waals surface area (Å²) in [5, 5.41) is 11.5. The Hall–Kier alpha value is -2.80. The lowest BCUT2D eigenvalue weighted by Crippen LogP contribution is -2.22. The van der Waals surface area contributed by atoms with Gasteiger partial charge in [0.05, 0.1) is 23.8 Å². The third kappa shape index (κ3) is 3.55. The molecule has 140 valence electrons. The van der Waals surface area contributed by atoms with Gasteiger partial charge in [0.2, 0.25) is 0 Å². The van der Waals surface area contributed by atoms with Crippen LogP contribution in [0.5, 0.6) is 11.5 Å². The molecule has 3 aromatic rings. The van der Waals surface area contributed by atoms with E-state index in [0.717, 1.165) is 24.0 Å². The molecule has 4 rings (SSSR count). The van der Waals surface area contributed by atoms with Gasteiger partial charge >= 0.3 is 0 Å². The minimum atomic E-state index is -0.189. The number of benzene rings is 2. The average molecular weight is 387 g/mol. The van der Waals surface area contributed by atoms with Gasteiger partial charge in [-0.15, -0.1) is 5.10 Å². The highest BCUT2D eigenvalue weighted by molar-refractivity contribution is 6.32. The van der Waals surface area contributed by atoms with Crippen LogP contribution in [0, 0.1) is 0 Å². The molecule has 1 aromatic heterocycles. The van der Waals surface area contributed by atoms with Crippen LogP contribution in [-0.2, 0) is 13.1 Å². The number of halogens is 1. The fourth-order valence-electron chi connectivity index (χ4n) is 3.02. The minimum Gasteiger partial charge on any atom is -0.489 e. The van der Waals surface area contributed by atoms with Crippen molar-refractivity contribution >= 4 is 28.5 Å². The zero-order chi connectivity index (χ0) is 18.8. The first-order valence-electron chi connectivity index (χ1n) is 8.85. The molecule has 0 atom stereocenters. The Morgan fingerprint density at radius 3 is 2.96 bits per heavy atom. The van der Waals surface area contributed by atoms with Crippen molar-refractivity contribution < 1.29 is 14.3 Å². The third-order valence-electron chi connectivity index (χ3n) is 4.39. The van der Waals surface area contributed by atoms with E-state index in [9.17, 15) is 4.79 Å². The van der Waals surface area contributed by atoms with Gasteiger partial charge in [0, 0.05) is 25.1 Å². The predicted octanol–water partition coefficient (Wildman–Crippen LogP) is 3.20. The van der Waals surface area contributed by atoms with Gasteiger partial charge < -0.3 is 14.8 Å². The summed E-state index contributed by atoms with van der Waals surface area (Å²) in [6, 6.07) is 9.01. The van der Waals surface area contributed by atoms with Crippen molar-refractivity contribution in [3.05, 3.63) is 46.5 Å². The first-order chi connectivity index (χ1) is 13.2. The number of ether oxygens (including phenoxy) is 2. The van der Waals surface area contributed by atoms with Crippen molar-refractivity contribution in [2.75, 3.05) is 13.2 Å². The lowest BCUT2D eigenvalue weighted by molar-refractivity contribution is 0.0951. The number of fused-ring (bicyclic) bond motifs is 2. The van der Waals surface area contributed by atoms with Gasteiger partial charge in [0.25, 0.3) is 5.91 Å². The maximum atomic E-state index is 12.5. The predicted molar refractivity (Wildman–Crippen MR) is 101 cm³/mol. The summed E-state index contributed by atoms with van der Waals surface area (Å²) in [6.45, 7) is 4.21. The average Bonchev–Trinajstić information content (AvgIpc) is 2.94. The molecule has 1 aliphatic heterocycles. The molecular formula is C19H19ClN4O3. The van der Waals surface area contributed by atoms with Crippen molar-refractivity contribution in [2.45, 2.75) is 26.4 Å². The number of nitrogens with zero attached hydrogens (tertiary/aromatic N) is 3. The fraction of sp³-hybridized carbons (Fsp3) is 0.316. The van der Waals surface area contributed by atoms with Crippen molar-refractivity contribution in [1.29, 1.82) is 0 Å². The highest BCUT2D eigenvalue weighted by atomic mass is 35.5. The van der Waals surface area contributed by atoms with Crippen molar-refractivity contribution in [1.82, 2.24) is 20.3 Å². The number of nitrogens with one attached hydrogen (secondary N) is 1. The normalized spacial score (nSPS) is 13.4. The van der Waals surface area contributed by atoms with E-state index in [-0.39, 0.29) is 5.91 Å². The maximum Gasteiger partial charge on any atom is 0.251 e. The number of carbonyl (C=O) groups is 1. The second-order valence-electron chi connectivity index (χ2n) is 6.25. The summed E-state index contributed by atoms with van der Waals surface area (Å²) in [5.74, 6) is 0.988. The first-order valence-corrected chi connectivity index (χ1v) is 9.23. The number of aryl methyl sites for hydroxylation is 1. The van der Waals surface area contributed by atoms with Crippen LogP contribution in [0.15, 0.2) is 30.3 Å². The zero-order valence-corrected chi connectivity index (χ0v) is 15.6. The van der Waals surface area contributed by atoms with E-state index in [4.69, 9.17) is 21.1 Å². The Morgan fingerprint density at radius 2 is 2.11 bits per heavy atom. The molecule has 0 saturated heterocycles. The highest BCUT2D eigenvalue weighted by Gasteiger charge is 2.16. The number of amides is 1. The van der Waals surface area contributed by atoms with Gasteiger partial charge in [0.15, 0.2) is 11.5 Å². The van der Waals surface area contributed by atoms with Gasteiger partial charge in [0.1, 0.15) is 5.52 Å². The summed E-state index contributed by atoms with van der Waals surface area (Å²) in [4.78, 5) is 12.5. The van der Waals surface area contributed by atoms with Gasteiger partial charge in [-0.2, -0.15) is 0 Å². The zero-order valence-electron chi connectivity index (χ0n) is 14.9. The number of carbonyl (C=O) groups excluding carboxylic acids is 1. The molecule has 0 unspecified atom stereocenters. The van der Waals surface area contributed by atoms with Crippen LogP contribution >= 0.6 is 11.6 Å². The molecule has 1 amide bonds. The van der Waals surface area contributed by atoms with Crippen molar-refractivity contribution in [2.24, 2.45) is 0 Å². The third-order valence-corrected chi connectivity index (χ3v) is 4.67. The summed E-state index contributed by atoms with van der Waals surface area (Å²) in [6.07, 6.45) is 0.808. The largest absolute Gasteiger partial charge is 0.489 e. The SMILES string of the molecule is CCn1nnc2cc(C(=O)NCc3cc(Cl)c4c(c3)OCCCO4)ccc21. The molecule has 1 aliphatic rings. The molecule has 0 aliphatic carbocycles. The molecule has 1 N–H and O–H groups in total. The lowest BCUT2D eigenvalue weighted by atomic mass is 10.1.